The maximum absolute atomic E-state index is 5.95. The molecule has 106 valence electrons. The number of ether oxygens (including phenoxy) is 3. The van der Waals surface area contributed by atoms with Crippen molar-refractivity contribution in [3.05, 3.63) is 23.8 Å². The highest BCUT2D eigenvalue weighted by atomic mass is 16.5. The normalized spacial score (nSPS) is 18.1. The number of nitrogens with zero attached hydrogens (tertiary/aromatic N) is 1. The van der Waals surface area contributed by atoms with Crippen LogP contribution in [0.2, 0.25) is 0 Å². The standard InChI is InChI=1S/C14H22N2O3/c1-17-12-7-11(8-13(9-12)18-2)14(10-15)16-3-5-19-6-4-16/h7-9,14H,3-6,10,15H2,1-2H3/t14-/m0/s1. The molecule has 1 fully saturated rings. The number of rotatable bonds is 5. The van der Waals surface area contributed by atoms with Crippen LogP contribution in [-0.2, 0) is 4.74 Å². The molecule has 0 aliphatic carbocycles. The van der Waals surface area contributed by atoms with Crippen molar-refractivity contribution in [1.29, 1.82) is 0 Å². The smallest absolute Gasteiger partial charge is 0.122 e. The third-order valence-electron chi connectivity index (χ3n) is 3.47. The van der Waals surface area contributed by atoms with Crippen molar-refractivity contribution in [3.8, 4) is 11.5 Å². The Morgan fingerprint density at radius 3 is 2.21 bits per heavy atom. The van der Waals surface area contributed by atoms with Gasteiger partial charge in [-0.05, 0) is 17.7 Å². The van der Waals surface area contributed by atoms with E-state index in [0.717, 1.165) is 43.4 Å². The van der Waals surface area contributed by atoms with Crippen molar-refractivity contribution in [2.75, 3.05) is 47.1 Å². The van der Waals surface area contributed by atoms with Crippen LogP contribution in [0.25, 0.3) is 0 Å². The molecule has 5 nitrogen and oxygen atoms in total. The second-order valence-electron chi connectivity index (χ2n) is 4.55. The molecular weight excluding hydrogens is 244 g/mol. The molecule has 2 N–H and O–H groups in total. The quantitative estimate of drug-likeness (QED) is 0.863. The fourth-order valence-electron chi connectivity index (χ4n) is 2.41. The van der Waals surface area contributed by atoms with Gasteiger partial charge in [0.05, 0.1) is 27.4 Å². The third kappa shape index (κ3) is 3.37. The Kier molecular flexibility index (Phi) is 5.01. The van der Waals surface area contributed by atoms with E-state index in [1.807, 2.05) is 18.2 Å². The molecule has 1 heterocycles. The average Bonchev–Trinajstić information content (AvgIpc) is 2.48. The zero-order valence-corrected chi connectivity index (χ0v) is 11.6. The molecule has 0 unspecified atom stereocenters. The summed E-state index contributed by atoms with van der Waals surface area (Å²) in [6.07, 6.45) is 0. The monoisotopic (exact) mass is 266 g/mol. The van der Waals surface area contributed by atoms with E-state index in [4.69, 9.17) is 19.9 Å². The number of hydrogen-bond acceptors (Lipinski definition) is 5. The highest BCUT2D eigenvalue weighted by molar-refractivity contribution is 5.40. The summed E-state index contributed by atoms with van der Waals surface area (Å²) in [7, 11) is 3.31. The van der Waals surface area contributed by atoms with Gasteiger partial charge in [-0.2, -0.15) is 0 Å². The summed E-state index contributed by atoms with van der Waals surface area (Å²) in [6.45, 7) is 3.90. The minimum atomic E-state index is 0.174. The molecule has 5 heteroatoms. The first-order valence-corrected chi connectivity index (χ1v) is 6.53. The number of benzene rings is 1. The lowest BCUT2D eigenvalue weighted by Gasteiger charge is -2.34. The lowest BCUT2D eigenvalue weighted by molar-refractivity contribution is 0.0178. The fraction of sp³-hybridized carbons (Fsp3) is 0.571. The molecule has 0 bridgehead atoms. The first-order valence-electron chi connectivity index (χ1n) is 6.53. The van der Waals surface area contributed by atoms with Crippen LogP contribution in [-0.4, -0.2) is 52.0 Å². The van der Waals surface area contributed by atoms with E-state index in [0.29, 0.717) is 6.54 Å². The van der Waals surface area contributed by atoms with Gasteiger partial charge < -0.3 is 19.9 Å². The number of morpholine rings is 1. The lowest BCUT2D eigenvalue weighted by Crippen LogP contribution is -2.41. The van der Waals surface area contributed by atoms with E-state index >= 15 is 0 Å². The van der Waals surface area contributed by atoms with Gasteiger partial charge in [0, 0.05) is 31.7 Å². The molecular formula is C14H22N2O3. The maximum atomic E-state index is 5.95. The largest absolute Gasteiger partial charge is 0.497 e. The summed E-state index contributed by atoms with van der Waals surface area (Å²) < 4.78 is 16.0. The molecule has 1 aromatic rings. The van der Waals surface area contributed by atoms with Crippen molar-refractivity contribution in [3.63, 3.8) is 0 Å². The van der Waals surface area contributed by atoms with Gasteiger partial charge in [0.15, 0.2) is 0 Å². The van der Waals surface area contributed by atoms with Crippen LogP contribution in [0, 0.1) is 0 Å². The van der Waals surface area contributed by atoms with Crippen molar-refractivity contribution >= 4 is 0 Å². The molecule has 0 aromatic heterocycles. The Morgan fingerprint density at radius 2 is 1.74 bits per heavy atom. The Morgan fingerprint density at radius 1 is 1.16 bits per heavy atom. The fourth-order valence-corrected chi connectivity index (χ4v) is 2.41. The van der Waals surface area contributed by atoms with Gasteiger partial charge >= 0.3 is 0 Å². The predicted octanol–water partition coefficient (Wildman–Crippen LogP) is 1.04. The zero-order chi connectivity index (χ0) is 13.7. The maximum Gasteiger partial charge on any atom is 0.122 e. The van der Waals surface area contributed by atoms with E-state index in [1.165, 1.54) is 0 Å². The van der Waals surface area contributed by atoms with Crippen LogP contribution in [0.1, 0.15) is 11.6 Å². The Labute approximate surface area is 114 Å². The summed E-state index contributed by atoms with van der Waals surface area (Å²) in [6, 6.07) is 6.09. The molecule has 0 spiro atoms. The number of nitrogens with two attached hydrogens (primary N) is 1. The second-order valence-corrected chi connectivity index (χ2v) is 4.55. The SMILES string of the molecule is COc1cc(OC)cc([C@H](CN)N2CCOCC2)c1. The molecule has 1 aliphatic heterocycles. The van der Waals surface area contributed by atoms with Gasteiger partial charge in [-0.15, -0.1) is 0 Å². The molecule has 1 saturated heterocycles. The first-order chi connectivity index (χ1) is 9.28. The Hall–Kier alpha value is -1.30. The minimum Gasteiger partial charge on any atom is -0.497 e. The van der Waals surface area contributed by atoms with E-state index < -0.39 is 0 Å². The number of methoxy groups -OCH3 is 2. The summed E-state index contributed by atoms with van der Waals surface area (Å²) in [5.41, 5.74) is 7.08. The van der Waals surface area contributed by atoms with Gasteiger partial charge in [0.25, 0.3) is 0 Å². The molecule has 1 aromatic carbocycles. The Bertz CT molecular complexity index is 383. The molecule has 19 heavy (non-hydrogen) atoms. The van der Waals surface area contributed by atoms with Crippen molar-refractivity contribution in [1.82, 2.24) is 4.90 Å². The van der Waals surface area contributed by atoms with E-state index in [2.05, 4.69) is 4.90 Å². The van der Waals surface area contributed by atoms with E-state index in [-0.39, 0.29) is 6.04 Å². The molecule has 0 amide bonds. The van der Waals surface area contributed by atoms with Gasteiger partial charge in [-0.3, -0.25) is 4.90 Å². The predicted molar refractivity (Wildman–Crippen MR) is 73.7 cm³/mol. The Balaban J connectivity index is 2.25. The highest BCUT2D eigenvalue weighted by Crippen LogP contribution is 2.29. The summed E-state index contributed by atoms with van der Waals surface area (Å²) >= 11 is 0. The minimum absolute atomic E-state index is 0.174. The summed E-state index contributed by atoms with van der Waals surface area (Å²) in [5.74, 6) is 1.59. The first kappa shape index (κ1) is 14.1. The molecule has 0 saturated carbocycles. The van der Waals surface area contributed by atoms with Gasteiger partial charge in [0.2, 0.25) is 0 Å². The van der Waals surface area contributed by atoms with Crippen LogP contribution < -0.4 is 15.2 Å². The highest BCUT2D eigenvalue weighted by Gasteiger charge is 2.22. The van der Waals surface area contributed by atoms with E-state index in [1.54, 1.807) is 14.2 Å². The van der Waals surface area contributed by atoms with Crippen LogP contribution in [0.4, 0.5) is 0 Å². The average molecular weight is 266 g/mol. The van der Waals surface area contributed by atoms with Crippen molar-refractivity contribution in [2.45, 2.75) is 6.04 Å². The van der Waals surface area contributed by atoms with Gasteiger partial charge in [-0.25, -0.2) is 0 Å². The van der Waals surface area contributed by atoms with Gasteiger partial charge in [-0.1, -0.05) is 0 Å². The summed E-state index contributed by atoms with van der Waals surface area (Å²) in [5, 5.41) is 0. The molecule has 2 rings (SSSR count). The molecule has 1 aliphatic rings. The molecule has 1 atom stereocenters. The van der Waals surface area contributed by atoms with Crippen LogP contribution in [0.15, 0.2) is 18.2 Å². The number of hydrogen-bond donors (Lipinski definition) is 1. The third-order valence-corrected chi connectivity index (χ3v) is 3.47. The van der Waals surface area contributed by atoms with Crippen LogP contribution >= 0.6 is 0 Å². The van der Waals surface area contributed by atoms with E-state index in [9.17, 15) is 0 Å². The zero-order valence-electron chi connectivity index (χ0n) is 11.6. The van der Waals surface area contributed by atoms with Crippen LogP contribution in [0.5, 0.6) is 11.5 Å². The second kappa shape index (κ2) is 6.75. The topological polar surface area (TPSA) is 57.0 Å². The molecule has 0 radical (unpaired) electrons. The van der Waals surface area contributed by atoms with Crippen molar-refractivity contribution < 1.29 is 14.2 Å². The van der Waals surface area contributed by atoms with Crippen molar-refractivity contribution in [2.24, 2.45) is 5.73 Å². The van der Waals surface area contributed by atoms with Gasteiger partial charge in [0.1, 0.15) is 11.5 Å². The lowest BCUT2D eigenvalue weighted by atomic mass is 10.0. The van der Waals surface area contributed by atoms with Crippen LogP contribution in [0.3, 0.4) is 0 Å². The summed E-state index contributed by atoms with van der Waals surface area (Å²) in [4.78, 5) is 2.34.